The van der Waals surface area contributed by atoms with Crippen LogP contribution in [0.2, 0.25) is 0 Å². The molecule has 0 radical (unpaired) electrons. The van der Waals surface area contributed by atoms with Gasteiger partial charge in [0.05, 0.1) is 6.21 Å². The number of hydrogen-bond acceptors (Lipinski definition) is 3. The summed E-state index contributed by atoms with van der Waals surface area (Å²) in [6, 6.07) is 4.03. The number of hydrazone groups is 1. The number of aromatic nitrogens is 2. The molecule has 0 aliphatic rings. The maximum absolute atomic E-state index is 5.04. The van der Waals surface area contributed by atoms with Gasteiger partial charge in [0.1, 0.15) is 5.65 Å². The molecule has 4 heteroatoms. The summed E-state index contributed by atoms with van der Waals surface area (Å²) in [5.74, 6) is 5.04. The van der Waals surface area contributed by atoms with Crippen LogP contribution < -0.4 is 5.84 Å². The molecule has 3 N–H and O–H groups in total. The van der Waals surface area contributed by atoms with Crippen molar-refractivity contribution in [1.29, 1.82) is 0 Å². The van der Waals surface area contributed by atoms with Gasteiger partial charge in [-0.1, -0.05) is 0 Å². The lowest BCUT2D eigenvalue weighted by Gasteiger charge is -1.91. The first-order valence-corrected chi connectivity index (χ1v) is 3.98. The van der Waals surface area contributed by atoms with Crippen LogP contribution >= 0.6 is 0 Å². The minimum Gasteiger partial charge on any atom is -0.344 e. The van der Waals surface area contributed by atoms with Gasteiger partial charge in [-0.15, -0.1) is 0 Å². The average molecular weight is 174 g/mol. The molecule has 4 nitrogen and oxygen atoms in total. The zero-order valence-corrected chi connectivity index (χ0v) is 7.28. The molecule has 2 aromatic rings. The van der Waals surface area contributed by atoms with Gasteiger partial charge in [-0.25, -0.2) is 4.98 Å². The number of aromatic amines is 1. The molecule has 2 rings (SSSR count). The first-order valence-electron chi connectivity index (χ1n) is 3.98. The molecule has 0 unspecified atom stereocenters. The van der Waals surface area contributed by atoms with Crippen LogP contribution in [0, 0.1) is 6.92 Å². The number of rotatable bonds is 1. The molecule has 2 heterocycles. The smallest absolute Gasteiger partial charge is 0.137 e. The van der Waals surface area contributed by atoms with Crippen molar-refractivity contribution in [3.63, 3.8) is 0 Å². The van der Waals surface area contributed by atoms with E-state index in [0.29, 0.717) is 0 Å². The summed E-state index contributed by atoms with van der Waals surface area (Å²) in [6.07, 6.45) is 3.31. The number of pyridine rings is 1. The van der Waals surface area contributed by atoms with Gasteiger partial charge in [0, 0.05) is 22.8 Å². The van der Waals surface area contributed by atoms with Gasteiger partial charge in [0.2, 0.25) is 0 Å². The Morgan fingerprint density at radius 3 is 3.15 bits per heavy atom. The monoisotopic (exact) mass is 174 g/mol. The number of nitrogens with two attached hydrogens (primary N) is 1. The summed E-state index contributed by atoms with van der Waals surface area (Å²) < 4.78 is 0. The van der Waals surface area contributed by atoms with Crippen molar-refractivity contribution >= 4 is 17.2 Å². The van der Waals surface area contributed by atoms with Crippen molar-refractivity contribution in [2.45, 2.75) is 6.92 Å². The van der Waals surface area contributed by atoms with Gasteiger partial charge in [-0.3, -0.25) is 0 Å². The lowest BCUT2D eigenvalue weighted by atomic mass is 10.2. The normalized spacial score (nSPS) is 11.5. The largest absolute Gasteiger partial charge is 0.344 e. The zero-order valence-electron chi connectivity index (χ0n) is 7.28. The molecule has 0 fully saturated rings. The van der Waals surface area contributed by atoms with E-state index in [1.54, 1.807) is 12.4 Å². The number of nitrogens with one attached hydrogen (secondary N) is 1. The summed E-state index contributed by atoms with van der Waals surface area (Å²) in [6.45, 7) is 2.00. The van der Waals surface area contributed by atoms with E-state index in [0.717, 1.165) is 22.3 Å². The van der Waals surface area contributed by atoms with Gasteiger partial charge in [0.15, 0.2) is 0 Å². The van der Waals surface area contributed by atoms with Crippen molar-refractivity contribution in [3.8, 4) is 0 Å². The maximum Gasteiger partial charge on any atom is 0.137 e. The predicted molar refractivity (Wildman–Crippen MR) is 52.6 cm³/mol. The van der Waals surface area contributed by atoms with E-state index in [1.807, 2.05) is 19.1 Å². The predicted octanol–water partition coefficient (Wildman–Crippen LogP) is 1.16. The van der Waals surface area contributed by atoms with E-state index in [9.17, 15) is 0 Å². The lowest BCUT2D eigenvalue weighted by Crippen LogP contribution is -1.87. The standard InChI is InChI=1S/C9H10N4/c1-6-2-8-3-7(5-12-10)4-11-9(8)13-6/h2-5H,10H2,1H3,(H,11,13). The van der Waals surface area contributed by atoms with Crippen LogP contribution in [0.15, 0.2) is 23.4 Å². The molecular formula is C9H10N4. The highest BCUT2D eigenvalue weighted by molar-refractivity contribution is 5.86. The molecule has 0 saturated carbocycles. The average Bonchev–Trinajstić information content (AvgIpc) is 2.44. The second-order valence-electron chi connectivity index (χ2n) is 2.94. The Balaban J connectivity index is 2.61. The third kappa shape index (κ3) is 1.38. The van der Waals surface area contributed by atoms with Crippen LogP contribution in [0.1, 0.15) is 11.3 Å². The van der Waals surface area contributed by atoms with Crippen LogP contribution in [0.5, 0.6) is 0 Å². The van der Waals surface area contributed by atoms with Crippen molar-refractivity contribution in [2.75, 3.05) is 0 Å². The first-order chi connectivity index (χ1) is 6.29. The second kappa shape index (κ2) is 2.90. The number of hydrogen-bond donors (Lipinski definition) is 2. The summed E-state index contributed by atoms with van der Waals surface area (Å²) in [5.41, 5.74) is 2.91. The third-order valence-electron chi connectivity index (χ3n) is 1.85. The highest BCUT2D eigenvalue weighted by Gasteiger charge is 1.98. The number of H-pyrrole nitrogens is 1. The van der Waals surface area contributed by atoms with Crippen molar-refractivity contribution < 1.29 is 0 Å². The molecule has 0 atom stereocenters. The van der Waals surface area contributed by atoms with Gasteiger partial charge in [0.25, 0.3) is 0 Å². The molecule has 66 valence electrons. The first kappa shape index (κ1) is 7.79. The van der Waals surface area contributed by atoms with Crippen LogP contribution in [-0.2, 0) is 0 Å². The van der Waals surface area contributed by atoms with Crippen LogP contribution in [-0.4, -0.2) is 16.2 Å². The zero-order chi connectivity index (χ0) is 9.26. The van der Waals surface area contributed by atoms with E-state index < -0.39 is 0 Å². The SMILES string of the molecule is Cc1cc2cc(C=NN)cnc2[nH]1. The minimum absolute atomic E-state index is 0.895. The van der Waals surface area contributed by atoms with E-state index in [4.69, 9.17) is 5.84 Å². The Morgan fingerprint density at radius 2 is 2.38 bits per heavy atom. The third-order valence-corrected chi connectivity index (χ3v) is 1.85. The number of fused-ring (bicyclic) bond motifs is 1. The summed E-state index contributed by atoms with van der Waals surface area (Å²) in [7, 11) is 0. The van der Waals surface area contributed by atoms with Crippen molar-refractivity contribution in [3.05, 3.63) is 29.6 Å². The fraction of sp³-hybridized carbons (Fsp3) is 0.111. The minimum atomic E-state index is 0.895. The van der Waals surface area contributed by atoms with E-state index in [-0.39, 0.29) is 0 Å². The molecule has 2 aromatic heterocycles. The van der Waals surface area contributed by atoms with E-state index in [1.165, 1.54) is 0 Å². The Morgan fingerprint density at radius 1 is 1.54 bits per heavy atom. The fourth-order valence-corrected chi connectivity index (χ4v) is 1.33. The molecule has 0 spiro atoms. The van der Waals surface area contributed by atoms with E-state index in [2.05, 4.69) is 15.1 Å². The lowest BCUT2D eigenvalue weighted by molar-refractivity contribution is 1.24. The Hall–Kier alpha value is -1.84. The van der Waals surface area contributed by atoms with Gasteiger partial charge in [-0.05, 0) is 19.1 Å². The number of aryl methyl sites for hydroxylation is 1. The molecular weight excluding hydrogens is 164 g/mol. The second-order valence-corrected chi connectivity index (χ2v) is 2.94. The molecule has 0 aliphatic heterocycles. The Kier molecular flexibility index (Phi) is 1.73. The van der Waals surface area contributed by atoms with Crippen LogP contribution in [0.4, 0.5) is 0 Å². The molecule has 0 saturated heterocycles. The molecule has 0 aliphatic carbocycles. The van der Waals surface area contributed by atoms with Crippen molar-refractivity contribution in [2.24, 2.45) is 10.9 Å². The summed E-state index contributed by atoms with van der Waals surface area (Å²) in [4.78, 5) is 7.36. The Labute approximate surface area is 75.5 Å². The molecule has 0 aromatic carbocycles. The van der Waals surface area contributed by atoms with Gasteiger partial charge >= 0.3 is 0 Å². The number of nitrogens with zero attached hydrogens (tertiary/aromatic N) is 2. The van der Waals surface area contributed by atoms with Crippen LogP contribution in [0.25, 0.3) is 11.0 Å². The summed E-state index contributed by atoms with van der Waals surface area (Å²) >= 11 is 0. The topological polar surface area (TPSA) is 67.1 Å². The van der Waals surface area contributed by atoms with Crippen LogP contribution in [0.3, 0.4) is 0 Å². The van der Waals surface area contributed by atoms with E-state index >= 15 is 0 Å². The highest BCUT2D eigenvalue weighted by atomic mass is 15.1. The molecule has 13 heavy (non-hydrogen) atoms. The maximum atomic E-state index is 5.04. The van der Waals surface area contributed by atoms with Gasteiger partial charge in [-0.2, -0.15) is 5.10 Å². The quantitative estimate of drug-likeness (QED) is 0.387. The highest BCUT2D eigenvalue weighted by Crippen LogP contribution is 2.12. The molecule has 0 bridgehead atoms. The Bertz CT molecular complexity index is 456. The summed E-state index contributed by atoms with van der Waals surface area (Å²) in [5, 5.41) is 4.52. The molecule has 0 amide bonds. The fourth-order valence-electron chi connectivity index (χ4n) is 1.33. The van der Waals surface area contributed by atoms with Gasteiger partial charge < -0.3 is 10.8 Å². The van der Waals surface area contributed by atoms with Crippen molar-refractivity contribution in [1.82, 2.24) is 9.97 Å².